The minimum absolute atomic E-state index is 0.311. The summed E-state index contributed by atoms with van der Waals surface area (Å²) < 4.78 is 0. The molecule has 0 radical (unpaired) electrons. The van der Waals surface area contributed by atoms with Crippen molar-refractivity contribution in [2.45, 2.75) is 90.4 Å². The number of hydrogen-bond donors (Lipinski definition) is 1. The lowest BCUT2D eigenvalue weighted by Gasteiger charge is -1.99. The minimum atomic E-state index is -0.678. The molecule has 0 amide bonds. The van der Waals surface area contributed by atoms with Gasteiger partial charge in [-0.2, -0.15) is 0 Å². The molecule has 0 aromatic rings. The normalized spacial score (nSPS) is 11.2. The minimum Gasteiger partial charge on any atom is -0.481 e. The van der Waals surface area contributed by atoms with Gasteiger partial charge >= 0.3 is 5.97 Å². The van der Waals surface area contributed by atoms with E-state index in [0.717, 1.165) is 19.3 Å². The average molecular weight is 268 g/mol. The molecule has 0 spiro atoms. The Balaban J connectivity index is 3.06. The van der Waals surface area contributed by atoms with E-state index in [1.807, 2.05) is 0 Å². The van der Waals surface area contributed by atoms with Crippen LogP contribution in [0.25, 0.3) is 0 Å². The molecule has 0 saturated heterocycles. The third-order valence-electron chi connectivity index (χ3n) is 3.40. The Morgan fingerprint density at radius 1 is 0.789 bits per heavy atom. The molecule has 0 atom stereocenters. The largest absolute Gasteiger partial charge is 0.481 e. The van der Waals surface area contributed by atoms with E-state index < -0.39 is 5.97 Å². The fourth-order valence-corrected chi connectivity index (χ4v) is 2.17. The van der Waals surface area contributed by atoms with Crippen LogP contribution in [-0.2, 0) is 4.79 Å². The molecular formula is C17H32O2. The predicted octanol–water partition coefficient (Wildman–Crippen LogP) is 5.72. The molecule has 19 heavy (non-hydrogen) atoms. The van der Waals surface area contributed by atoms with Gasteiger partial charge in [-0.3, -0.25) is 4.79 Å². The highest BCUT2D eigenvalue weighted by Crippen LogP contribution is 2.10. The first kappa shape index (κ1) is 18.2. The number of allylic oxidation sites excluding steroid dienone is 2. The maximum absolute atomic E-state index is 10.3. The van der Waals surface area contributed by atoms with Gasteiger partial charge in [-0.05, 0) is 32.1 Å². The molecule has 0 aromatic heterocycles. The molecule has 112 valence electrons. The Hall–Kier alpha value is -0.790. The van der Waals surface area contributed by atoms with Gasteiger partial charge in [-0.1, -0.05) is 64.0 Å². The van der Waals surface area contributed by atoms with Gasteiger partial charge in [0.15, 0.2) is 0 Å². The van der Waals surface area contributed by atoms with Crippen molar-refractivity contribution in [3.63, 3.8) is 0 Å². The number of aliphatic carboxylic acids is 1. The van der Waals surface area contributed by atoms with Crippen LogP contribution in [-0.4, -0.2) is 11.1 Å². The molecule has 0 fully saturated rings. The summed E-state index contributed by atoms with van der Waals surface area (Å²) in [5.74, 6) is -0.678. The molecule has 0 aliphatic carbocycles. The predicted molar refractivity (Wildman–Crippen MR) is 82.5 cm³/mol. The first-order chi connectivity index (χ1) is 9.27. The van der Waals surface area contributed by atoms with Crippen molar-refractivity contribution in [3.05, 3.63) is 12.2 Å². The molecule has 0 rings (SSSR count). The van der Waals surface area contributed by atoms with E-state index in [0.29, 0.717) is 6.42 Å². The zero-order chi connectivity index (χ0) is 14.2. The van der Waals surface area contributed by atoms with E-state index in [1.54, 1.807) is 0 Å². The molecule has 0 aliphatic heterocycles. The van der Waals surface area contributed by atoms with E-state index in [4.69, 9.17) is 5.11 Å². The highest BCUT2D eigenvalue weighted by Gasteiger charge is 1.94. The molecule has 1 N–H and O–H groups in total. The van der Waals surface area contributed by atoms with Gasteiger partial charge in [0.2, 0.25) is 0 Å². The zero-order valence-corrected chi connectivity index (χ0v) is 12.7. The Labute approximate surface area is 119 Å². The van der Waals surface area contributed by atoms with Gasteiger partial charge in [0.1, 0.15) is 0 Å². The van der Waals surface area contributed by atoms with E-state index in [1.165, 1.54) is 57.8 Å². The van der Waals surface area contributed by atoms with Crippen LogP contribution in [0.3, 0.4) is 0 Å². The monoisotopic (exact) mass is 268 g/mol. The summed E-state index contributed by atoms with van der Waals surface area (Å²) in [4.78, 5) is 10.3. The fourth-order valence-electron chi connectivity index (χ4n) is 2.17. The maximum Gasteiger partial charge on any atom is 0.303 e. The first-order valence-electron chi connectivity index (χ1n) is 8.14. The Bertz CT molecular complexity index is 221. The number of rotatable bonds is 14. The highest BCUT2D eigenvalue weighted by atomic mass is 16.4. The molecule has 0 aromatic carbocycles. The molecule has 2 heteroatoms. The summed E-state index contributed by atoms with van der Waals surface area (Å²) in [6.07, 6.45) is 19.8. The van der Waals surface area contributed by atoms with Gasteiger partial charge in [-0.25, -0.2) is 0 Å². The lowest BCUT2D eigenvalue weighted by Crippen LogP contribution is -1.92. The Morgan fingerprint density at radius 3 is 1.79 bits per heavy atom. The van der Waals surface area contributed by atoms with Crippen LogP contribution in [0.1, 0.15) is 90.4 Å². The number of carboxylic acid groups (broad SMARTS) is 1. The summed E-state index contributed by atoms with van der Waals surface area (Å²) in [7, 11) is 0. The third kappa shape index (κ3) is 17.2. The zero-order valence-electron chi connectivity index (χ0n) is 12.7. The Kier molecular flexibility index (Phi) is 14.6. The summed E-state index contributed by atoms with van der Waals surface area (Å²) >= 11 is 0. The summed E-state index contributed by atoms with van der Waals surface area (Å²) in [5, 5.41) is 8.49. The number of carbonyl (C=O) groups is 1. The van der Waals surface area contributed by atoms with Crippen molar-refractivity contribution >= 4 is 5.97 Å². The molecular weight excluding hydrogens is 236 g/mol. The molecule has 0 heterocycles. The topological polar surface area (TPSA) is 37.3 Å². The van der Waals surface area contributed by atoms with Crippen molar-refractivity contribution in [2.24, 2.45) is 0 Å². The van der Waals surface area contributed by atoms with Crippen LogP contribution in [0.4, 0.5) is 0 Å². The summed E-state index contributed by atoms with van der Waals surface area (Å²) in [6.45, 7) is 2.26. The maximum atomic E-state index is 10.3. The summed E-state index contributed by atoms with van der Waals surface area (Å²) in [5.41, 5.74) is 0. The van der Waals surface area contributed by atoms with Crippen molar-refractivity contribution < 1.29 is 9.90 Å². The lowest BCUT2D eigenvalue weighted by molar-refractivity contribution is -0.137. The van der Waals surface area contributed by atoms with Crippen LogP contribution in [0, 0.1) is 0 Å². The first-order valence-corrected chi connectivity index (χ1v) is 8.14. The average Bonchev–Trinajstić information content (AvgIpc) is 2.39. The standard InChI is InChI=1S/C17H32O2/c1-2-3-4-5-6-7-8-9-10-11-12-13-14-15-16-17(18)19/h11-12H,2-10,13-16H2,1H3,(H,18,19)/b12-11-. The summed E-state index contributed by atoms with van der Waals surface area (Å²) in [6, 6.07) is 0. The second-order valence-corrected chi connectivity index (χ2v) is 5.37. The number of hydrogen-bond acceptors (Lipinski definition) is 1. The van der Waals surface area contributed by atoms with Crippen molar-refractivity contribution in [1.29, 1.82) is 0 Å². The molecule has 0 unspecified atom stereocenters. The molecule has 2 nitrogen and oxygen atoms in total. The number of carboxylic acids is 1. The van der Waals surface area contributed by atoms with Crippen LogP contribution in [0.2, 0.25) is 0 Å². The van der Waals surface area contributed by atoms with Gasteiger partial charge in [0, 0.05) is 6.42 Å². The van der Waals surface area contributed by atoms with E-state index >= 15 is 0 Å². The number of unbranched alkanes of at least 4 members (excludes halogenated alkanes) is 10. The van der Waals surface area contributed by atoms with E-state index in [-0.39, 0.29) is 0 Å². The molecule has 0 saturated carbocycles. The van der Waals surface area contributed by atoms with Crippen molar-refractivity contribution in [2.75, 3.05) is 0 Å². The third-order valence-corrected chi connectivity index (χ3v) is 3.40. The second kappa shape index (κ2) is 15.3. The SMILES string of the molecule is CCCCCCCCCC/C=C\CCCCC(=O)O. The van der Waals surface area contributed by atoms with Crippen LogP contribution in [0.15, 0.2) is 12.2 Å². The quantitative estimate of drug-likeness (QED) is 0.323. The van der Waals surface area contributed by atoms with Crippen molar-refractivity contribution in [3.8, 4) is 0 Å². The van der Waals surface area contributed by atoms with Gasteiger partial charge < -0.3 is 5.11 Å². The van der Waals surface area contributed by atoms with Crippen LogP contribution >= 0.6 is 0 Å². The van der Waals surface area contributed by atoms with Gasteiger partial charge in [0.25, 0.3) is 0 Å². The second-order valence-electron chi connectivity index (χ2n) is 5.37. The smallest absolute Gasteiger partial charge is 0.303 e. The Morgan fingerprint density at radius 2 is 1.26 bits per heavy atom. The highest BCUT2D eigenvalue weighted by molar-refractivity contribution is 5.66. The van der Waals surface area contributed by atoms with Crippen LogP contribution < -0.4 is 0 Å². The fraction of sp³-hybridized carbons (Fsp3) is 0.824. The van der Waals surface area contributed by atoms with E-state index in [2.05, 4.69) is 19.1 Å². The van der Waals surface area contributed by atoms with Gasteiger partial charge in [-0.15, -0.1) is 0 Å². The molecule has 0 aliphatic rings. The lowest BCUT2D eigenvalue weighted by atomic mass is 10.1. The molecule has 0 bridgehead atoms. The van der Waals surface area contributed by atoms with Crippen molar-refractivity contribution in [1.82, 2.24) is 0 Å². The van der Waals surface area contributed by atoms with Gasteiger partial charge in [0.05, 0.1) is 0 Å². The van der Waals surface area contributed by atoms with Crippen LogP contribution in [0.5, 0.6) is 0 Å². The van der Waals surface area contributed by atoms with E-state index in [9.17, 15) is 4.79 Å².